The van der Waals surface area contributed by atoms with Gasteiger partial charge in [-0.3, -0.25) is 0 Å². The summed E-state index contributed by atoms with van der Waals surface area (Å²) in [5.74, 6) is 0.370. The van der Waals surface area contributed by atoms with Crippen molar-refractivity contribution in [3.05, 3.63) is 47.3 Å². The summed E-state index contributed by atoms with van der Waals surface area (Å²) in [4.78, 5) is 0. The van der Waals surface area contributed by atoms with E-state index in [0.29, 0.717) is 5.92 Å². The van der Waals surface area contributed by atoms with E-state index in [1.165, 1.54) is 24.0 Å². The molecule has 2 aromatic rings. The number of hydrazine groups is 1. The summed E-state index contributed by atoms with van der Waals surface area (Å²) in [5.41, 5.74) is 8.43. The van der Waals surface area contributed by atoms with Crippen LogP contribution in [0.1, 0.15) is 42.0 Å². The quantitative estimate of drug-likeness (QED) is 0.929. The molecule has 1 aromatic carbocycles. The van der Waals surface area contributed by atoms with Crippen LogP contribution in [0.4, 0.5) is 5.69 Å². The predicted molar refractivity (Wildman–Crippen MR) is 77.5 cm³/mol. The normalized spacial score (nSPS) is 22.1. The maximum Gasteiger partial charge on any atom is 0.148 e. The molecule has 1 saturated heterocycles. The first-order valence-electron chi connectivity index (χ1n) is 7.45. The number of benzene rings is 1. The summed E-state index contributed by atoms with van der Waals surface area (Å²) in [6, 6.07) is 8.68. The molecule has 1 N–H and O–H groups in total. The third-order valence-corrected chi connectivity index (χ3v) is 4.45. The van der Waals surface area contributed by atoms with Gasteiger partial charge in [0.05, 0.1) is 0 Å². The van der Waals surface area contributed by atoms with Crippen LogP contribution in [-0.4, -0.2) is 23.3 Å². The SMILES string of the molecule is c1ccc2c(c1)CCC2c1nocc1NN1CCCC1. The van der Waals surface area contributed by atoms with Crippen molar-refractivity contribution in [2.24, 2.45) is 0 Å². The van der Waals surface area contributed by atoms with Crippen molar-refractivity contribution in [2.45, 2.75) is 31.6 Å². The maximum absolute atomic E-state index is 5.24. The van der Waals surface area contributed by atoms with Gasteiger partial charge in [0, 0.05) is 19.0 Å². The van der Waals surface area contributed by atoms with Gasteiger partial charge in [-0.25, -0.2) is 5.01 Å². The maximum atomic E-state index is 5.24. The number of aromatic nitrogens is 1. The minimum absolute atomic E-state index is 0.370. The molecule has 0 saturated carbocycles. The highest BCUT2D eigenvalue weighted by atomic mass is 16.5. The molecule has 0 spiro atoms. The second kappa shape index (κ2) is 4.94. The van der Waals surface area contributed by atoms with E-state index in [9.17, 15) is 0 Å². The number of nitrogens with zero attached hydrogens (tertiary/aromatic N) is 2. The van der Waals surface area contributed by atoms with Gasteiger partial charge in [0.2, 0.25) is 0 Å². The molecule has 1 aliphatic heterocycles. The van der Waals surface area contributed by atoms with Gasteiger partial charge < -0.3 is 9.95 Å². The molecule has 0 bridgehead atoms. The Labute approximate surface area is 118 Å². The summed E-state index contributed by atoms with van der Waals surface area (Å²) >= 11 is 0. The zero-order valence-electron chi connectivity index (χ0n) is 11.5. The largest absolute Gasteiger partial charge is 0.362 e. The fourth-order valence-corrected chi connectivity index (χ4v) is 3.42. The average Bonchev–Trinajstić information content (AvgIpc) is 3.19. The van der Waals surface area contributed by atoms with Crippen LogP contribution in [0.25, 0.3) is 0 Å². The smallest absolute Gasteiger partial charge is 0.148 e. The molecular formula is C16H19N3O. The van der Waals surface area contributed by atoms with E-state index in [0.717, 1.165) is 37.3 Å². The van der Waals surface area contributed by atoms with Crippen LogP contribution in [0.3, 0.4) is 0 Å². The molecule has 20 heavy (non-hydrogen) atoms. The summed E-state index contributed by atoms with van der Waals surface area (Å²) < 4.78 is 5.24. The standard InChI is InChI=1S/C16H19N3O/c1-2-6-13-12(5-1)7-8-14(13)16-15(11-20-18-16)17-19-9-3-4-10-19/h1-2,5-6,11,14,17H,3-4,7-10H2. The molecule has 1 unspecified atom stereocenters. The molecule has 2 aliphatic rings. The lowest BCUT2D eigenvalue weighted by molar-refractivity contribution is 0.403. The minimum atomic E-state index is 0.370. The summed E-state index contributed by atoms with van der Waals surface area (Å²) in [5, 5.41) is 6.54. The first kappa shape index (κ1) is 12.0. The van der Waals surface area contributed by atoms with Crippen LogP contribution < -0.4 is 5.43 Å². The van der Waals surface area contributed by atoms with Crippen LogP contribution in [-0.2, 0) is 6.42 Å². The van der Waals surface area contributed by atoms with Crippen molar-refractivity contribution in [1.29, 1.82) is 0 Å². The highest BCUT2D eigenvalue weighted by molar-refractivity contribution is 5.52. The van der Waals surface area contributed by atoms with Crippen molar-refractivity contribution in [3.8, 4) is 0 Å². The molecule has 4 heteroatoms. The number of anilines is 1. The Balaban J connectivity index is 1.62. The molecule has 4 rings (SSSR count). The lowest BCUT2D eigenvalue weighted by Crippen LogP contribution is -2.26. The zero-order chi connectivity index (χ0) is 13.4. The number of nitrogens with one attached hydrogen (secondary N) is 1. The van der Waals surface area contributed by atoms with Gasteiger partial charge in [-0.15, -0.1) is 0 Å². The molecule has 0 amide bonds. The lowest BCUT2D eigenvalue weighted by Gasteiger charge is -2.18. The summed E-state index contributed by atoms with van der Waals surface area (Å²) in [7, 11) is 0. The number of aryl methyl sites for hydroxylation is 1. The van der Waals surface area contributed by atoms with Gasteiger partial charge in [-0.1, -0.05) is 29.4 Å². The number of rotatable bonds is 3. The third kappa shape index (κ3) is 2.00. The van der Waals surface area contributed by atoms with Crippen molar-refractivity contribution in [1.82, 2.24) is 10.2 Å². The lowest BCUT2D eigenvalue weighted by atomic mass is 9.97. The third-order valence-electron chi connectivity index (χ3n) is 4.45. The topological polar surface area (TPSA) is 41.3 Å². The van der Waals surface area contributed by atoms with Gasteiger partial charge in [0.25, 0.3) is 0 Å². The Morgan fingerprint density at radius 3 is 2.95 bits per heavy atom. The highest BCUT2D eigenvalue weighted by Crippen LogP contribution is 2.40. The molecule has 1 atom stereocenters. The summed E-state index contributed by atoms with van der Waals surface area (Å²) in [6.07, 6.45) is 6.53. The Hall–Kier alpha value is -1.81. The molecular weight excluding hydrogens is 250 g/mol. The minimum Gasteiger partial charge on any atom is -0.362 e. The number of hydrogen-bond donors (Lipinski definition) is 1. The van der Waals surface area contributed by atoms with Crippen molar-refractivity contribution in [3.63, 3.8) is 0 Å². The molecule has 0 radical (unpaired) electrons. The van der Waals surface area contributed by atoms with Crippen LogP contribution in [0.15, 0.2) is 35.1 Å². The van der Waals surface area contributed by atoms with Gasteiger partial charge in [-0.05, 0) is 36.8 Å². The van der Waals surface area contributed by atoms with Crippen molar-refractivity contribution >= 4 is 5.69 Å². The molecule has 2 heterocycles. The van der Waals surface area contributed by atoms with Gasteiger partial charge in [0.15, 0.2) is 0 Å². The van der Waals surface area contributed by atoms with Crippen molar-refractivity contribution < 1.29 is 4.52 Å². The Kier molecular flexibility index (Phi) is 2.96. The fraction of sp³-hybridized carbons (Fsp3) is 0.438. The Bertz CT molecular complexity index is 601. The van der Waals surface area contributed by atoms with Crippen LogP contribution in [0, 0.1) is 0 Å². The second-order valence-corrected chi connectivity index (χ2v) is 5.71. The number of fused-ring (bicyclic) bond motifs is 1. The average molecular weight is 269 g/mol. The van der Waals surface area contributed by atoms with Gasteiger partial charge >= 0.3 is 0 Å². The van der Waals surface area contributed by atoms with Crippen molar-refractivity contribution in [2.75, 3.05) is 18.5 Å². The van der Waals surface area contributed by atoms with Gasteiger partial charge in [-0.2, -0.15) is 0 Å². The predicted octanol–water partition coefficient (Wildman–Crippen LogP) is 3.18. The molecule has 4 nitrogen and oxygen atoms in total. The zero-order valence-corrected chi connectivity index (χ0v) is 11.5. The molecule has 1 aliphatic carbocycles. The van der Waals surface area contributed by atoms with Crippen LogP contribution in [0.2, 0.25) is 0 Å². The fourth-order valence-electron chi connectivity index (χ4n) is 3.42. The van der Waals surface area contributed by atoms with E-state index in [1.54, 1.807) is 6.26 Å². The van der Waals surface area contributed by atoms with E-state index in [2.05, 4.69) is 39.9 Å². The van der Waals surface area contributed by atoms with Gasteiger partial charge in [0.1, 0.15) is 17.6 Å². The van der Waals surface area contributed by atoms with E-state index in [1.807, 2.05) is 0 Å². The van der Waals surface area contributed by atoms with E-state index >= 15 is 0 Å². The first-order chi connectivity index (χ1) is 9.92. The number of hydrogen-bond acceptors (Lipinski definition) is 4. The summed E-state index contributed by atoms with van der Waals surface area (Å²) in [6.45, 7) is 2.21. The first-order valence-corrected chi connectivity index (χ1v) is 7.45. The van der Waals surface area contributed by atoms with E-state index < -0.39 is 0 Å². The molecule has 1 fully saturated rings. The van der Waals surface area contributed by atoms with E-state index in [-0.39, 0.29) is 0 Å². The van der Waals surface area contributed by atoms with Crippen LogP contribution >= 0.6 is 0 Å². The highest BCUT2D eigenvalue weighted by Gasteiger charge is 2.29. The second-order valence-electron chi connectivity index (χ2n) is 5.71. The monoisotopic (exact) mass is 269 g/mol. The Morgan fingerprint density at radius 1 is 1.20 bits per heavy atom. The van der Waals surface area contributed by atoms with E-state index in [4.69, 9.17) is 4.52 Å². The van der Waals surface area contributed by atoms with Crippen LogP contribution in [0.5, 0.6) is 0 Å². The molecule has 104 valence electrons. The molecule has 1 aromatic heterocycles. The Morgan fingerprint density at radius 2 is 2.05 bits per heavy atom.